The molecule has 6 nitrogen and oxygen atoms in total. The summed E-state index contributed by atoms with van der Waals surface area (Å²) in [5.41, 5.74) is 0.867. The molecule has 0 aliphatic carbocycles. The Balaban J connectivity index is 3.16. The van der Waals surface area contributed by atoms with Gasteiger partial charge in [-0.25, -0.2) is 9.36 Å². The van der Waals surface area contributed by atoms with Crippen LogP contribution < -0.4 is 5.69 Å². The van der Waals surface area contributed by atoms with Crippen molar-refractivity contribution in [1.29, 1.82) is 0 Å². The minimum atomic E-state index is -0.00484. The average molecular weight is 691 g/mol. The van der Waals surface area contributed by atoms with Gasteiger partial charge in [-0.05, 0) is 64.7 Å². The lowest BCUT2D eigenvalue weighted by Gasteiger charge is -2.24. The number of imidazole rings is 1. The number of aromatic hydroxyl groups is 1. The summed E-state index contributed by atoms with van der Waals surface area (Å²) in [5.74, 6) is 0.233. The highest BCUT2D eigenvalue weighted by Gasteiger charge is 2.22. The van der Waals surface area contributed by atoms with E-state index in [1.807, 2.05) is 4.57 Å². The van der Waals surface area contributed by atoms with Crippen LogP contribution in [-0.2, 0) is 19.8 Å². The van der Waals surface area contributed by atoms with E-state index in [9.17, 15) is 9.90 Å². The van der Waals surface area contributed by atoms with E-state index in [0.29, 0.717) is 13.3 Å². The van der Waals surface area contributed by atoms with Gasteiger partial charge in [0, 0.05) is 0 Å². The Bertz CT molecular complexity index is 878. The van der Waals surface area contributed by atoms with Gasteiger partial charge < -0.3 is 5.11 Å². The lowest BCUT2D eigenvalue weighted by atomic mass is 10.1. The molecule has 1 rings (SSSR count). The zero-order chi connectivity index (χ0) is 35.8. The molecular weight excluding hydrogens is 604 g/mol. The number of hydrogen-bond acceptors (Lipinski definition) is 4. The summed E-state index contributed by atoms with van der Waals surface area (Å²) < 4.78 is 3.71. The number of unbranched alkanes of at least 4 members (excludes halogenated alkanes) is 23. The van der Waals surface area contributed by atoms with E-state index in [0.717, 1.165) is 51.1 Å². The smallest absolute Gasteiger partial charge is 0.333 e. The van der Waals surface area contributed by atoms with Crippen LogP contribution in [0.1, 0.15) is 220 Å². The van der Waals surface area contributed by atoms with Crippen LogP contribution in [0.3, 0.4) is 0 Å². The second kappa shape index (κ2) is 32.6. The summed E-state index contributed by atoms with van der Waals surface area (Å²) in [6.07, 6.45) is 36.1. The summed E-state index contributed by atoms with van der Waals surface area (Å²) in [7, 11) is 0. The van der Waals surface area contributed by atoms with Crippen molar-refractivity contribution < 1.29 is 5.11 Å². The van der Waals surface area contributed by atoms with E-state index in [2.05, 4.69) is 44.4 Å². The topological polar surface area (TPSA) is 53.6 Å². The van der Waals surface area contributed by atoms with E-state index < -0.39 is 0 Å². The van der Waals surface area contributed by atoms with Crippen LogP contribution in [0.15, 0.2) is 4.79 Å². The van der Waals surface area contributed by atoms with Gasteiger partial charge >= 0.3 is 5.69 Å². The molecule has 0 fully saturated rings. The van der Waals surface area contributed by atoms with Crippen molar-refractivity contribution in [2.75, 3.05) is 26.2 Å². The SMILES string of the molecule is CCCCCCCCN(CCCCCCCC)Cn1c(O)c(CCCCCC)n(CN(CCCCCCCC)CCCCCCCC)c1=O. The maximum Gasteiger partial charge on any atom is 0.333 e. The minimum Gasteiger partial charge on any atom is -0.493 e. The minimum absolute atomic E-state index is 0.00484. The molecule has 0 aliphatic rings. The van der Waals surface area contributed by atoms with Crippen LogP contribution in [0.2, 0.25) is 0 Å². The molecule has 0 aliphatic heterocycles. The molecule has 0 aromatic carbocycles. The Hall–Kier alpha value is -1.27. The van der Waals surface area contributed by atoms with Gasteiger partial charge in [-0.15, -0.1) is 0 Å². The molecule has 0 spiro atoms. The molecule has 0 amide bonds. The second-order valence-electron chi connectivity index (χ2n) is 15.3. The highest BCUT2D eigenvalue weighted by molar-refractivity contribution is 5.21. The largest absolute Gasteiger partial charge is 0.493 e. The fraction of sp³-hybridized carbons (Fsp3) is 0.930. The molecule has 0 bridgehead atoms. The van der Waals surface area contributed by atoms with E-state index in [1.165, 1.54) is 167 Å². The fourth-order valence-corrected chi connectivity index (χ4v) is 7.24. The normalized spacial score (nSPS) is 11.9. The van der Waals surface area contributed by atoms with Gasteiger partial charge in [0.2, 0.25) is 5.88 Å². The van der Waals surface area contributed by atoms with Gasteiger partial charge in [-0.1, -0.05) is 182 Å². The molecule has 0 atom stereocenters. The maximum atomic E-state index is 14.3. The van der Waals surface area contributed by atoms with Crippen LogP contribution in [0, 0.1) is 0 Å². The van der Waals surface area contributed by atoms with Crippen molar-refractivity contribution in [2.24, 2.45) is 0 Å². The number of rotatable bonds is 37. The highest BCUT2D eigenvalue weighted by atomic mass is 16.3. The summed E-state index contributed by atoms with van der Waals surface area (Å²) >= 11 is 0. The van der Waals surface area contributed by atoms with Crippen molar-refractivity contribution in [3.63, 3.8) is 0 Å². The lowest BCUT2D eigenvalue weighted by molar-refractivity contribution is 0.188. The zero-order valence-corrected chi connectivity index (χ0v) is 33.9. The van der Waals surface area contributed by atoms with Gasteiger partial charge in [0.1, 0.15) is 0 Å². The van der Waals surface area contributed by atoms with E-state index >= 15 is 0 Å². The molecule has 0 saturated carbocycles. The number of nitrogens with zero attached hydrogens (tertiary/aromatic N) is 4. The van der Waals surface area contributed by atoms with Crippen molar-refractivity contribution in [2.45, 2.75) is 234 Å². The van der Waals surface area contributed by atoms with Crippen molar-refractivity contribution >= 4 is 0 Å². The van der Waals surface area contributed by atoms with Crippen LogP contribution >= 0.6 is 0 Å². The Morgan fingerprint density at radius 2 is 0.694 bits per heavy atom. The van der Waals surface area contributed by atoms with Gasteiger partial charge in [0.25, 0.3) is 0 Å². The van der Waals surface area contributed by atoms with Crippen molar-refractivity contribution in [3.05, 3.63) is 16.2 Å². The lowest BCUT2D eigenvalue weighted by Crippen LogP contribution is -2.38. The second-order valence-corrected chi connectivity index (χ2v) is 15.3. The van der Waals surface area contributed by atoms with Crippen molar-refractivity contribution in [1.82, 2.24) is 18.9 Å². The molecule has 1 N–H and O–H groups in total. The Morgan fingerprint density at radius 1 is 0.408 bits per heavy atom. The molecule has 0 unspecified atom stereocenters. The fourth-order valence-electron chi connectivity index (χ4n) is 7.24. The van der Waals surface area contributed by atoms with Crippen LogP contribution in [0.5, 0.6) is 5.88 Å². The molecule has 0 radical (unpaired) electrons. The standard InChI is InChI=1S/C43H86N4O2/c1-6-11-16-21-25-30-35-44(36-31-26-22-17-12-7-2)39-46-41(34-29-20-15-10-5)42(48)47(43(46)49)40-45(37-32-27-23-18-13-8-3)38-33-28-24-19-14-9-4/h48H,6-40H2,1-5H3. The third-order valence-corrected chi connectivity index (χ3v) is 10.6. The third-order valence-electron chi connectivity index (χ3n) is 10.6. The predicted molar refractivity (Wildman–Crippen MR) is 215 cm³/mol. The Morgan fingerprint density at radius 3 is 1.04 bits per heavy atom. The first-order chi connectivity index (χ1) is 24.0. The van der Waals surface area contributed by atoms with E-state index in [-0.39, 0.29) is 11.6 Å². The first kappa shape index (κ1) is 45.8. The van der Waals surface area contributed by atoms with Crippen LogP contribution in [-0.4, -0.2) is 50.2 Å². The van der Waals surface area contributed by atoms with E-state index in [4.69, 9.17) is 0 Å². The summed E-state index contributed by atoms with van der Waals surface area (Å²) in [6.45, 7) is 16.6. The van der Waals surface area contributed by atoms with Gasteiger partial charge in [-0.3, -0.25) is 14.4 Å². The Kier molecular flexibility index (Phi) is 30.5. The highest BCUT2D eigenvalue weighted by Crippen LogP contribution is 2.22. The summed E-state index contributed by atoms with van der Waals surface area (Å²) in [4.78, 5) is 19.3. The van der Waals surface area contributed by atoms with E-state index in [1.54, 1.807) is 4.57 Å². The quantitative estimate of drug-likeness (QED) is 0.0706. The molecular formula is C43H86N4O2. The zero-order valence-electron chi connectivity index (χ0n) is 33.9. The molecule has 290 valence electrons. The molecule has 1 heterocycles. The van der Waals surface area contributed by atoms with Gasteiger partial charge in [0.05, 0.1) is 19.0 Å². The molecule has 1 aromatic heterocycles. The Labute approximate surface area is 305 Å². The predicted octanol–water partition coefficient (Wildman–Crippen LogP) is 12.4. The first-order valence-corrected chi connectivity index (χ1v) is 22.0. The molecule has 49 heavy (non-hydrogen) atoms. The van der Waals surface area contributed by atoms with Crippen LogP contribution in [0.25, 0.3) is 0 Å². The number of hydrogen-bond donors (Lipinski definition) is 1. The monoisotopic (exact) mass is 691 g/mol. The van der Waals surface area contributed by atoms with Gasteiger partial charge in [0.15, 0.2) is 0 Å². The van der Waals surface area contributed by atoms with Crippen molar-refractivity contribution in [3.8, 4) is 5.88 Å². The van der Waals surface area contributed by atoms with Gasteiger partial charge in [-0.2, -0.15) is 0 Å². The molecule has 6 heteroatoms. The first-order valence-electron chi connectivity index (χ1n) is 22.0. The average Bonchev–Trinajstić information content (AvgIpc) is 3.31. The summed E-state index contributed by atoms with van der Waals surface area (Å²) in [5, 5.41) is 11.7. The maximum absolute atomic E-state index is 14.3. The molecule has 0 saturated heterocycles. The number of aromatic nitrogens is 2. The molecule has 1 aromatic rings. The third kappa shape index (κ3) is 22.3. The van der Waals surface area contributed by atoms with Crippen LogP contribution in [0.4, 0.5) is 0 Å². The summed E-state index contributed by atoms with van der Waals surface area (Å²) in [6, 6.07) is 0.